The number of aldehydes is 1. The molecule has 1 unspecified atom stereocenters. The van der Waals surface area contributed by atoms with Gasteiger partial charge in [-0.15, -0.1) is 11.8 Å². The molecule has 0 aliphatic carbocycles. The van der Waals surface area contributed by atoms with Crippen LogP contribution in [-0.2, 0) is 10.5 Å². The highest BCUT2D eigenvalue weighted by Crippen LogP contribution is 2.29. The topological polar surface area (TPSA) is 29.1 Å². The molecule has 2 nitrogen and oxygen atoms in total. The summed E-state index contributed by atoms with van der Waals surface area (Å²) in [6, 6.07) is 8.08. The number of carbonyl (C=O) groups excluding carboxylic acids is 1. The van der Waals surface area contributed by atoms with Gasteiger partial charge in [0.15, 0.2) is 6.29 Å². The Balaban J connectivity index is 2.28. The third-order valence-corrected chi connectivity index (χ3v) is 2.92. The first kappa shape index (κ1) is 7.68. The van der Waals surface area contributed by atoms with Gasteiger partial charge in [-0.05, 0) is 11.6 Å². The van der Waals surface area contributed by atoms with Crippen LogP contribution in [0.25, 0.3) is 0 Å². The van der Waals surface area contributed by atoms with E-state index in [1.54, 1.807) is 11.8 Å². The summed E-state index contributed by atoms with van der Waals surface area (Å²) in [6.45, 7) is 0. The van der Waals surface area contributed by atoms with Gasteiger partial charge in [-0.3, -0.25) is 0 Å². The number of para-hydroxylation sites is 1. The number of thioether (sulfide) groups is 1. The van der Waals surface area contributed by atoms with Crippen molar-refractivity contribution in [3.63, 3.8) is 0 Å². The molecule has 62 valence electrons. The van der Waals surface area contributed by atoms with Crippen molar-refractivity contribution in [1.29, 1.82) is 0 Å². The van der Waals surface area contributed by atoms with E-state index in [4.69, 9.17) is 0 Å². The SMILES string of the molecule is O=CC1Nc2ccccc2CS1. The fraction of sp³-hybridized carbons (Fsp3) is 0.222. The van der Waals surface area contributed by atoms with Gasteiger partial charge in [0.2, 0.25) is 0 Å². The van der Waals surface area contributed by atoms with Gasteiger partial charge in [0, 0.05) is 11.4 Å². The van der Waals surface area contributed by atoms with E-state index < -0.39 is 0 Å². The van der Waals surface area contributed by atoms with Crippen molar-refractivity contribution in [2.75, 3.05) is 5.32 Å². The second-order valence-corrected chi connectivity index (χ2v) is 3.80. The maximum absolute atomic E-state index is 10.5. The molecule has 0 bridgehead atoms. The van der Waals surface area contributed by atoms with Gasteiger partial charge in [-0.25, -0.2) is 0 Å². The molecule has 1 aromatic rings. The molecule has 1 aromatic carbocycles. The number of carbonyl (C=O) groups is 1. The van der Waals surface area contributed by atoms with E-state index in [9.17, 15) is 4.79 Å². The van der Waals surface area contributed by atoms with E-state index in [-0.39, 0.29) is 5.37 Å². The Labute approximate surface area is 75.4 Å². The van der Waals surface area contributed by atoms with Crippen LogP contribution in [0.1, 0.15) is 5.56 Å². The van der Waals surface area contributed by atoms with Gasteiger partial charge in [0.05, 0.1) is 0 Å². The van der Waals surface area contributed by atoms with E-state index in [0.717, 1.165) is 17.7 Å². The first-order chi connectivity index (χ1) is 5.90. The number of anilines is 1. The Morgan fingerprint density at radius 2 is 2.33 bits per heavy atom. The summed E-state index contributed by atoms with van der Waals surface area (Å²) in [5, 5.41) is 3.07. The van der Waals surface area contributed by atoms with Crippen LogP contribution in [0, 0.1) is 0 Å². The zero-order valence-electron chi connectivity index (χ0n) is 6.49. The number of hydrogen-bond donors (Lipinski definition) is 1. The molecule has 0 fully saturated rings. The summed E-state index contributed by atoms with van der Waals surface area (Å²) >= 11 is 1.63. The lowest BCUT2D eigenvalue weighted by molar-refractivity contribution is -0.107. The van der Waals surface area contributed by atoms with Gasteiger partial charge in [-0.1, -0.05) is 18.2 Å². The quantitative estimate of drug-likeness (QED) is 0.667. The van der Waals surface area contributed by atoms with Crippen LogP contribution in [0.15, 0.2) is 24.3 Å². The van der Waals surface area contributed by atoms with Crippen LogP contribution in [0.4, 0.5) is 5.69 Å². The van der Waals surface area contributed by atoms with Crippen LogP contribution in [-0.4, -0.2) is 11.7 Å². The zero-order valence-corrected chi connectivity index (χ0v) is 7.30. The molecule has 1 atom stereocenters. The molecule has 0 radical (unpaired) electrons. The van der Waals surface area contributed by atoms with Crippen molar-refractivity contribution < 1.29 is 4.79 Å². The van der Waals surface area contributed by atoms with Crippen molar-refractivity contribution in [2.24, 2.45) is 0 Å². The van der Waals surface area contributed by atoms with Crippen molar-refractivity contribution in [3.8, 4) is 0 Å². The van der Waals surface area contributed by atoms with Crippen molar-refractivity contribution in [3.05, 3.63) is 29.8 Å². The smallest absolute Gasteiger partial charge is 0.152 e. The number of hydrogen-bond acceptors (Lipinski definition) is 3. The largest absolute Gasteiger partial charge is 0.367 e. The molecule has 0 saturated carbocycles. The van der Waals surface area contributed by atoms with Crippen LogP contribution in [0.3, 0.4) is 0 Å². The van der Waals surface area contributed by atoms with Crippen LogP contribution < -0.4 is 5.32 Å². The third kappa shape index (κ3) is 1.32. The first-order valence-electron chi connectivity index (χ1n) is 3.81. The minimum Gasteiger partial charge on any atom is -0.367 e. The van der Waals surface area contributed by atoms with Crippen LogP contribution in [0.2, 0.25) is 0 Å². The van der Waals surface area contributed by atoms with Crippen molar-refractivity contribution >= 4 is 23.7 Å². The minimum absolute atomic E-state index is 0.0695. The molecule has 0 amide bonds. The number of fused-ring (bicyclic) bond motifs is 1. The molecule has 1 aliphatic rings. The van der Waals surface area contributed by atoms with Gasteiger partial charge >= 0.3 is 0 Å². The van der Waals surface area contributed by atoms with Gasteiger partial charge in [0.25, 0.3) is 0 Å². The van der Waals surface area contributed by atoms with E-state index in [1.165, 1.54) is 5.56 Å². The van der Waals surface area contributed by atoms with Crippen LogP contribution in [0.5, 0.6) is 0 Å². The fourth-order valence-corrected chi connectivity index (χ4v) is 2.13. The Bertz CT molecular complexity index is 300. The molecule has 12 heavy (non-hydrogen) atoms. The monoisotopic (exact) mass is 179 g/mol. The summed E-state index contributed by atoms with van der Waals surface area (Å²) < 4.78 is 0. The summed E-state index contributed by atoms with van der Waals surface area (Å²) in [7, 11) is 0. The number of rotatable bonds is 1. The highest BCUT2D eigenvalue weighted by atomic mass is 32.2. The minimum atomic E-state index is -0.0695. The van der Waals surface area contributed by atoms with Crippen molar-refractivity contribution in [1.82, 2.24) is 0 Å². The Hall–Kier alpha value is -0.960. The third-order valence-electron chi connectivity index (χ3n) is 1.86. The summed E-state index contributed by atoms with van der Waals surface area (Å²) in [4.78, 5) is 10.5. The van der Waals surface area contributed by atoms with Gasteiger partial charge < -0.3 is 10.1 Å². The predicted octanol–water partition coefficient (Wildman–Crippen LogP) is 1.87. The molecule has 0 saturated heterocycles. The summed E-state index contributed by atoms with van der Waals surface area (Å²) in [5.41, 5.74) is 2.37. The van der Waals surface area contributed by atoms with E-state index in [2.05, 4.69) is 11.4 Å². The second-order valence-electron chi connectivity index (χ2n) is 2.67. The molecular formula is C9H9NOS. The Morgan fingerprint density at radius 1 is 1.50 bits per heavy atom. The van der Waals surface area contributed by atoms with E-state index >= 15 is 0 Å². The highest BCUT2D eigenvalue weighted by Gasteiger charge is 2.15. The lowest BCUT2D eigenvalue weighted by Gasteiger charge is -2.22. The summed E-state index contributed by atoms with van der Waals surface area (Å²) in [6.07, 6.45) is 0.945. The normalized spacial score (nSPS) is 20.8. The van der Waals surface area contributed by atoms with E-state index in [1.807, 2.05) is 18.2 Å². The average Bonchev–Trinajstić information content (AvgIpc) is 2.17. The van der Waals surface area contributed by atoms with Gasteiger partial charge in [0.1, 0.15) is 5.37 Å². The molecule has 0 aromatic heterocycles. The van der Waals surface area contributed by atoms with Crippen molar-refractivity contribution in [2.45, 2.75) is 11.1 Å². The summed E-state index contributed by atoms with van der Waals surface area (Å²) in [5.74, 6) is 0.923. The molecule has 1 aliphatic heterocycles. The first-order valence-corrected chi connectivity index (χ1v) is 4.86. The average molecular weight is 179 g/mol. The van der Waals surface area contributed by atoms with Gasteiger partial charge in [-0.2, -0.15) is 0 Å². The maximum atomic E-state index is 10.5. The highest BCUT2D eigenvalue weighted by molar-refractivity contribution is 7.99. The zero-order chi connectivity index (χ0) is 8.39. The lowest BCUT2D eigenvalue weighted by atomic mass is 10.2. The Morgan fingerprint density at radius 3 is 3.17 bits per heavy atom. The molecular weight excluding hydrogens is 170 g/mol. The van der Waals surface area contributed by atoms with Crippen LogP contribution >= 0.6 is 11.8 Å². The molecule has 2 rings (SSSR count). The van der Waals surface area contributed by atoms with E-state index in [0.29, 0.717) is 0 Å². The molecule has 0 spiro atoms. The maximum Gasteiger partial charge on any atom is 0.152 e. The molecule has 1 heterocycles. The fourth-order valence-electron chi connectivity index (χ4n) is 1.23. The predicted molar refractivity (Wildman–Crippen MR) is 51.2 cm³/mol. The number of benzene rings is 1. The molecule has 3 heteroatoms. The standard InChI is InChI=1S/C9H9NOS/c11-5-9-10-8-4-2-1-3-7(8)6-12-9/h1-5,9-10H,6H2. The second kappa shape index (κ2) is 3.19. The number of nitrogens with one attached hydrogen (secondary N) is 1. The molecule has 1 N–H and O–H groups in total. The lowest BCUT2D eigenvalue weighted by Crippen LogP contribution is -2.21. The Kier molecular flexibility index (Phi) is 2.04.